The molecule has 0 atom stereocenters. The lowest BCUT2D eigenvalue weighted by Crippen LogP contribution is -1.92. The molecule has 21 heavy (non-hydrogen) atoms. The zero-order chi connectivity index (χ0) is 14.8. The zero-order valence-corrected chi connectivity index (χ0v) is 12.3. The van der Waals surface area contributed by atoms with E-state index in [9.17, 15) is 10.1 Å². The first-order chi connectivity index (χ1) is 10.1. The molecule has 3 rings (SSSR count). The molecule has 0 aliphatic carbocycles. The number of benzene rings is 2. The average molecular weight is 317 g/mol. The predicted octanol–water partition coefficient (Wildman–Crippen LogP) is 4.95. The Balaban J connectivity index is 2.04. The molecule has 6 heteroatoms. The first kappa shape index (κ1) is 13.9. The number of fused-ring (bicyclic) bond motifs is 1. The molecule has 0 bridgehead atoms. The van der Waals surface area contributed by atoms with E-state index in [0.717, 1.165) is 10.3 Å². The quantitative estimate of drug-likeness (QED) is 0.507. The largest absolute Gasteiger partial charge is 0.295 e. The summed E-state index contributed by atoms with van der Waals surface area (Å²) < 4.78 is 0. The van der Waals surface area contributed by atoms with Gasteiger partial charge < -0.3 is 0 Å². The highest BCUT2D eigenvalue weighted by molar-refractivity contribution is 7.99. The molecule has 1 aromatic heterocycles. The van der Waals surface area contributed by atoms with Crippen LogP contribution in [0.3, 0.4) is 0 Å². The van der Waals surface area contributed by atoms with Crippen LogP contribution in [-0.4, -0.2) is 9.91 Å². The molecule has 0 fully saturated rings. The lowest BCUT2D eigenvalue weighted by molar-refractivity contribution is -0.383. The van der Waals surface area contributed by atoms with Crippen LogP contribution in [0, 0.1) is 10.1 Å². The normalized spacial score (nSPS) is 10.7. The van der Waals surface area contributed by atoms with Crippen molar-refractivity contribution in [3.63, 3.8) is 0 Å². The van der Waals surface area contributed by atoms with Crippen LogP contribution < -0.4 is 0 Å². The number of hydrogen-bond donors (Lipinski definition) is 0. The van der Waals surface area contributed by atoms with Gasteiger partial charge in [0, 0.05) is 21.4 Å². The molecular formula is C15H9ClN2O2S. The lowest BCUT2D eigenvalue weighted by Gasteiger charge is -2.04. The predicted molar refractivity (Wildman–Crippen MR) is 84.0 cm³/mol. The van der Waals surface area contributed by atoms with Crippen LogP contribution in [0.1, 0.15) is 0 Å². The van der Waals surface area contributed by atoms with Crippen molar-refractivity contribution in [1.29, 1.82) is 0 Å². The van der Waals surface area contributed by atoms with Crippen molar-refractivity contribution in [3.8, 4) is 0 Å². The Labute approximate surface area is 129 Å². The summed E-state index contributed by atoms with van der Waals surface area (Å²) in [4.78, 5) is 16.0. The van der Waals surface area contributed by atoms with Gasteiger partial charge in [-0.2, -0.15) is 0 Å². The van der Waals surface area contributed by atoms with Crippen molar-refractivity contribution in [1.82, 2.24) is 4.98 Å². The van der Waals surface area contributed by atoms with Crippen LogP contribution in [-0.2, 0) is 0 Å². The Morgan fingerprint density at radius 2 is 1.90 bits per heavy atom. The molecule has 0 N–H and O–H groups in total. The van der Waals surface area contributed by atoms with Crippen LogP contribution >= 0.6 is 23.4 Å². The average Bonchev–Trinajstić information content (AvgIpc) is 2.46. The first-order valence-electron chi connectivity index (χ1n) is 6.11. The molecule has 104 valence electrons. The SMILES string of the molecule is O=[N+]([O-])c1cccc2ccc(Sc3cccc(Cl)c3)nc12. The fourth-order valence-corrected chi connectivity index (χ4v) is 3.07. The number of pyridine rings is 1. The number of hydrogen-bond acceptors (Lipinski definition) is 4. The summed E-state index contributed by atoms with van der Waals surface area (Å²) in [6.45, 7) is 0. The number of halogens is 1. The van der Waals surface area contributed by atoms with Crippen molar-refractivity contribution in [2.45, 2.75) is 9.92 Å². The number of nitrogens with zero attached hydrogens (tertiary/aromatic N) is 2. The second kappa shape index (κ2) is 5.71. The standard InChI is InChI=1S/C15H9ClN2O2S/c16-11-4-2-5-12(9-11)21-14-8-7-10-3-1-6-13(18(19)20)15(10)17-14/h1-9H. The van der Waals surface area contributed by atoms with Gasteiger partial charge >= 0.3 is 0 Å². The fourth-order valence-electron chi connectivity index (χ4n) is 1.97. The van der Waals surface area contributed by atoms with Crippen LogP contribution in [0.4, 0.5) is 5.69 Å². The van der Waals surface area contributed by atoms with Gasteiger partial charge in [0.05, 0.1) is 4.92 Å². The van der Waals surface area contributed by atoms with Crippen LogP contribution in [0.15, 0.2) is 64.5 Å². The summed E-state index contributed by atoms with van der Waals surface area (Å²) in [5.41, 5.74) is 0.413. The maximum atomic E-state index is 11.1. The molecule has 0 saturated heterocycles. The van der Waals surface area contributed by atoms with E-state index in [4.69, 9.17) is 11.6 Å². The minimum absolute atomic E-state index is 0.0149. The van der Waals surface area contributed by atoms with Crippen molar-refractivity contribution >= 4 is 40.0 Å². The molecule has 0 unspecified atom stereocenters. The molecule has 4 nitrogen and oxygen atoms in total. The van der Waals surface area contributed by atoms with E-state index in [1.165, 1.54) is 17.8 Å². The van der Waals surface area contributed by atoms with Crippen molar-refractivity contribution < 1.29 is 4.92 Å². The minimum atomic E-state index is -0.414. The Morgan fingerprint density at radius 3 is 2.67 bits per heavy atom. The number of nitro benzene ring substituents is 1. The van der Waals surface area contributed by atoms with Gasteiger partial charge in [-0.05, 0) is 30.3 Å². The summed E-state index contributed by atoms with van der Waals surface area (Å²) in [6.07, 6.45) is 0. The van der Waals surface area contributed by atoms with Gasteiger partial charge in [0.2, 0.25) is 0 Å². The maximum Gasteiger partial charge on any atom is 0.295 e. The summed E-state index contributed by atoms with van der Waals surface area (Å²) in [5.74, 6) is 0. The second-order valence-corrected chi connectivity index (χ2v) is 5.85. The molecule has 0 radical (unpaired) electrons. The van der Waals surface area contributed by atoms with Gasteiger partial charge in [0.15, 0.2) is 0 Å². The zero-order valence-electron chi connectivity index (χ0n) is 10.7. The third-order valence-electron chi connectivity index (χ3n) is 2.89. The monoisotopic (exact) mass is 316 g/mol. The molecule has 0 spiro atoms. The van der Waals surface area contributed by atoms with Crippen LogP contribution in [0.25, 0.3) is 10.9 Å². The number of para-hydroxylation sites is 1. The van der Waals surface area contributed by atoms with Gasteiger partial charge in [-0.15, -0.1) is 0 Å². The van der Waals surface area contributed by atoms with Gasteiger partial charge in [-0.25, -0.2) is 4.98 Å². The van der Waals surface area contributed by atoms with Gasteiger partial charge in [0.25, 0.3) is 5.69 Å². The van der Waals surface area contributed by atoms with Crippen LogP contribution in [0.5, 0.6) is 0 Å². The highest BCUT2D eigenvalue weighted by atomic mass is 35.5. The minimum Gasteiger partial charge on any atom is -0.258 e. The number of rotatable bonds is 3. The Bertz CT molecular complexity index is 839. The Morgan fingerprint density at radius 1 is 1.10 bits per heavy atom. The highest BCUT2D eigenvalue weighted by Crippen LogP contribution is 2.31. The number of aromatic nitrogens is 1. The van der Waals surface area contributed by atoms with E-state index in [2.05, 4.69) is 4.98 Å². The second-order valence-electron chi connectivity index (χ2n) is 4.31. The summed E-state index contributed by atoms with van der Waals surface area (Å²) in [7, 11) is 0. The smallest absolute Gasteiger partial charge is 0.258 e. The molecule has 1 heterocycles. The van der Waals surface area contributed by atoms with Crippen molar-refractivity contribution in [3.05, 3.63) is 69.7 Å². The summed E-state index contributed by atoms with van der Waals surface area (Å²) >= 11 is 7.37. The molecule has 0 aliphatic rings. The molecule has 0 aliphatic heterocycles. The van der Waals surface area contributed by atoms with Crippen LogP contribution in [0.2, 0.25) is 5.02 Å². The van der Waals surface area contributed by atoms with Gasteiger partial charge in [-0.3, -0.25) is 10.1 Å². The molecule has 2 aromatic carbocycles. The molecule has 0 amide bonds. The molecule has 3 aromatic rings. The first-order valence-corrected chi connectivity index (χ1v) is 7.30. The van der Waals surface area contributed by atoms with E-state index in [1.54, 1.807) is 12.1 Å². The lowest BCUT2D eigenvalue weighted by atomic mass is 10.2. The third-order valence-corrected chi connectivity index (χ3v) is 4.05. The van der Waals surface area contributed by atoms with Crippen molar-refractivity contribution in [2.24, 2.45) is 0 Å². The van der Waals surface area contributed by atoms with E-state index < -0.39 is 4.92 Å². The number of nitro groups is 1. The van der Waals surface area contributed by atoms with E-state index in [1.807, 2.05) is 36.4 Å². The third kappa shape index (κ3) is 2.99. The Kier molecular flexibility index (Phi) is 3.77. The molecular weight excluding hydrogens is 308 g/mol. The topological polar surface area (TPSA) is 56.0 Å². The van der Waals surface area contributed by atoms with E-state index in [-0.39, 0.29) is 5.69 Å². The van der Waals surface area contributed by atoms with Crippen molar-refractivity contribution in [2.75, 3.05) is 0 Å². The summed E-state index contributed by atoms with van der Waals surface area (Å²) in [5, 5.41) is 13.2. The fraction of sp³-hybridized carbons (Fsp3) is 0. The van der Waals surface area contributed by atoms with Gasteiger partial charge in [-0.1, -0.05) is 41.6 Å². The van der Waals surface area contributed by atoms with E-state index >= 15 is 0 Å². The number of non-ortho nitro benzene ring substituents is 1. The van der Waals surface area contributed by atoms with Gasteiger partial charge in [0.1, 0.15) is 10.5 Å². The highest BCUT2D eigenvalue weighted by Gasteiger charge is 2.13. The molecule has 0 saturated carbocycles. The Hall–Kier alpha value is -2.11. The summed E-state index contributed by atoms with van der Waals surface area (Å²) in [6, 6.07) is 16.0. The van der Waals surface area contributed by atoms with E-state index in [0.29, 0.717) is 15.6 Å². The maximum absolute atomic E-state index is 11.1.